The van der Waals surface area contributed by atoms with Crippen molar-refractivity contribution in [3.63, 3.8) is 0 Å². The van der Waals surface area contributed by atoms with Gasteiger partial charge in [0.05, 0.1) is 12.8 Å². The highest BCUT2D eigenvalue weighted by Gasteiger charge is 2.15. The molecule has 0 aliphatic rings. The van der Waals surface area contributed by atoms with Gasteiger partial charge in [0.15, 0.2) is 17.4 Å². The van der Waals surface area contributed by atoms with Crippen molar-refractivity contribution in [2.24, 2.45) is 0 Å². The summed E-state index contributed by atoms with van der Waals surface area (Å²) in [6, 6.07) is 6.90. The monoisotopic (exact) mass is 278 g/mol. The van der Waals surface area contributed by atoms with Crippen molar-refractivity contribution in [3.05, 3.63) is 64.3 Å². The molecule has 3 aromatic rings. The van der Waals surface area contributed by atoms with Gasteiger partial charge in [-0.1, -0.05) is 12.1 Å². The summed E-state index contributed by atoms with van der Waals surface area (Å²) in [5.41, 5.74) is 0.00592. The van der Waals surface area contributed by atoms with E-state index in [0.29, 0.717) is 0 Å². The maximum atomic E-state index is 13.5. The summed E-state index contributed by atoms with van der Waals surface area (Å²) >= 11 is 0. The molecule has 0 amide bonds. The molecule has 0 saturated heterocycles. The fourth-order valence-corrected chi connectivity index (χ4v) is 1.74. The summed E-state index contributed by atoms with van der Waals surface area (Å²) < 4.78 is 37.4. The van der Waals surface area contributed by atoms with Gasteiger partial charge in [0, 0.05) is 5.56 Å². The van der Waals surface area contributed by atoms with Crippen LogP contribution in [0.15, 0.2) is 50.2 Å². The molecule has 1 aromatic carbocycles. The highest BCUT2D eigenvalue weighted by molar-refractivity contribution is 5.42. The predicted octanol–water partition coefficient (Wildman–Crippen LogP) is 2.42. The Bertz CT molecular complexity index is 790. The Hall–Kier alpha value is -2.70. The second-order valence-corrected chi connectivity index (χ2v) is 4.02. The van der Waals surface area contributed by atoms with E-state index in [1.165, 1.54) is 18.4 Å². The van der Waals surface area contributed by atoms with Crippen molar-refractivity contribution in [1.82, 2.24) is 9.78 Å². The average Bonchev–Trinajstić information content (AvgIpc) is 3.05. The third-order valence-corrected chi connectivity index (χ3v) is 2.69. The van der Waals surface area contributed by atoms with Crippen LogP contribution in [0.4, 0.5) is 8.78 Å². The van der Waals surface area contributed by atoms with Crippen molar-refractivity contribution in [3.8, 4) is 11.7 Å². The largest absolute Gasteiger partial charge is 0.459 e. The Morgan fingerprint density at radius 2 is 2.05 bits per heavy atom. The maximum absolute atomic E-state index is 13.5. The molecule has 0 bridgehead atoms. The van der Waals surface area contributed by atoms with Crippen LogP contribution >= 0.6 is 0 Å². The molecular formula is C13H8F2N2O3. The van der Waals surface area contributed by atoms with E-state index >= 15 is 0 Å². The normalized spacial score (nSPS) is 10.9. The van der Waals surface area contributed by atoms with Gasteiger partial charge in [-0.05, 0) is 18.2 Å². The molecule has 0 radical (unpaired) electrons. The molecule has 2 aromatic heterocycles. The first-order valence-electron chi connectivity index (χ1n) is 5.70. The SMILES string of the molecule is O=c1oc(-c2ccco2)nn1Cc1cccc(F)c1F. The third-order valence-electron chi connectivity index (χ3n) is 2.69. The highest BCUT2D eigenvalue weighted by atomic mass is 19.2. The number of benzene rings is 1. The van der Waals surface area contributed by atoms with Crippen LogP contribution in [0.25, 0.3) is 11.7 Å². The van der Waals surface area contributed by atoms with Crippen LogP contribution in [-0.4, -0.2) is 9.78 Å². The van der Waals surface area contributed by atoms with Crippen LogP contribution in [0.2, 0.25) is 0 Å². The van der Waals surface area contributed by atoms with Crippen LogP contribution < -0.4 is 5.76 Å². The molecule has 0 N–H and O–H groups in total. The van der Waals surface area contributed by atoms with E-state index in [0.717, 1.165) is 10.7 Å². The zero-order valence-corrected chi connectivity index (χ0v) is 10.0. The van der Waals surface area contributed by atoms with E-state index in [1.807, 2.05) is 0 Å². The number of furan rings is 1. The second kappa shape index (κ2) is 4.76. The lowest BCUT2D eigenvalue weighted by Gasteiger charge is -2.01. The molecule has 102 valence electrons. The summed E-state index contributed by atoms with van der Waals surface area (Å²) in [4.78, 5) is 11.6. The van der Waals surface area contributed by atoms with Gasteiger partial charge in [0.2, 0.25) is 0 Å². The van der Waals surface area contributed by atoms with Gasteiger partial charge >= 0.3 is 5.76 Å². The number of rotatable bonds is 3. The van der Waals surface area contributed by atoms with Crippen molar-refractivity contribution < 1.29 is 17.6 Å². The molecule has 0 unspecified atom stereocenters. The van der Waals surface area contributed by atoms with Crippen LogP contribution in [0, 0.1) is 11.6 Å². The Balaban J connectivity index is 1.96. The van der Waals surface area contributed by atoms with Gasteiger partial charge in [-0.15, -0.1) is 5.10 Å². The van der Waals surface area contributed by atoms with Crippen LogP contribution in [0.1, 0.15) is 5.56 Å². The summed E-state index contributed by atoms with van der Waals surface area (Å²) in [6.07, 6.45) is 1.40. The minimum atomic E-state index is -1.01. The average molecular weight is 278 g/mol. The third kappa shape index (κ3) is 2.13. The lowest BCUT2D eigenvalue weighted by atomic mass is 10.2. The Morgan fingerprint density at radius 1 is 1.20 bits per heavy atom. The van der Waals surface area contributed by atoms with Gasteiger partial charge < -0.3 is 8.83 Å². The fourth-order valence-electron chi connectivity index (χ4n) is 1.74. The Labute approximate surface area is 111 Å². The predicted molar refractivity (Wildman–Crippen MR) is 63.9 cm³/mol. The zero-order valence-electron chi connectivity index (χ0n) is 10.0. The van der Waals surface area contributed by atoms with Gasteiger partial charge in [-0.2, -0.15) is 4.68 Å². The van der Waals surface area contributed by atoms with E-state index in [9.17, 15) is 13.6 Å². The van der Waals surface area contributed by atoms with Crippen LogP contribution in [-0.2, 0) is 6.54 Å². The molecule has 3 rings (SSSR count). The maximum Gasteiger partial charge on any atom is 0.437 e. The van der Waals surface area contributed by atoms with E-state index < -0.39 is 17.4 Å². The summed E-state index contributed by atoms with van der Waals surface area (Å²) in [6.45, 7) is -0.230. The van der Waals surface area contributed by atoms with E-state index in [2.05, 4.69) is 5.10 Å². The highest BCUT2D eigenvalue weighted by Crippen LogP contribution is 2.16. The lowest BCUT2D eigenvalue weighted by molar-refractivity contribution is 0.466. The van der Waals surface area contributed by atoms with Gasteiger partial charge in [0.1, 0.15) is 0 Å². The van der Waals surface area contributed by atoms with Crippen LogP contribution in [0.5, 0.6) is 0 Å². The van der Waals surface area contributed by atoms with Gasteiger partial charge in [-0.25, -0.2) is 13.6 Å². The van der Waals surface area contributed by atoms with Gasteiger partial charge in [0.25, 0.3) is 5.89 Å². The molecule has 7 heteroatoms. The van der Waals surface area contributed by atoms with E-state index in [4.69, 9.17) is 8.83 Å². The van der Waals surface area contributed by atoms with Crippen molar-refractivity contribution in [2.45, 2.75) is 6.54 Å². The summed E-state index contributed by atoms with van der Waals surface area (Å²) in [5.74, 6) is -2.51. The quantitative estimate of drug-likeness (QED) is 0.738. The Kier molecular flexibility index (Phi) is 2.94. The van der Waals surface area contributed by atoms with Gasteiger partial charge in [-0.3, -0.25) is 0 Å². The second-order valence-electron chi connectivity index (χ2n) is 4.02. The molecule has 0 spiro atoms. The first-order valence-corrected chi connectivity index (χ1v) is 5.70. The summed E-state index contributed by atoms with van der Waals surface area (Å²) in [5, 5.41) is 3.87. The summed E-state index contributed by atoms with van der Waals surface area (Å²) in [7, 11) is 0. The topological polar surface area (TPSA) is 61.2 Å². The Morgan fingerprint density at radius 3 is 2.80 bits per heavy atom. The number of halogens is 2. The van der Waals surface area contributed by atoms with Crippen molar-refractivity contribution in [2.75, 3.05) is 0 Å². The number of hydrogen-bond donors (Lipinski definition) is 0. The molecule has 0 saturated carbocycles. The number of hydrogen-bond acceptors (Lipinski definition) is 4. The molecule has 20 heavy (non-hydrogen) atoms. The molecule has 0 atom stereocenters. The molecule has 0 fully saturated rings. The van der Waals surface area contributed by atoms with Crippen molar-refractivity contribution >= 4 is 0 Å². The van der Waals surface area contributed by atoms with Crippen LogP contribution in [0.3, 0.4) is 0 Å². The molecule has 0 aliphatic carbocycles. The molecule has 2 heterocycles. The smallest absolute Gasteiger partial charge is 0.437 e. The minimum Gasteiger partial charge on any atom is -0.459 e. The lowest BCUT2D eigenvalue weighted by Crippen LogP contribution is -2.17. The zero-order chi connectivity index (χ0) is 14.1. The molecule has 0 aliphatic heterocycles. The molecule has 5 nitrogen and oxygen atoms in total. The number of nitrogens with zero attached hydrogens (tertiary/aromatic N) is 2. The van der Waals surface area contributed by atoms with E-state index in [1.54, 1.807) is 12.1 Å². The molecular weight excluding hydrogens is 270 g/mol. The standard InChI is InChI=1S/C13H8F2N2O3/c14-9-4-1-3-8(11(9)15)7-17-13(18)20-12(16-17)10-5-2-6-19-10/h1-6H,7H2. The van der Waals surface area contributed by atoms with Crippen molar-refractivity contribution in [1.29, 1.82) is 0 Å². The minimum absolute atomic E-state index is 0.00592. The van der Waals surface area contributed by atoms with E-state index in [-0.39, 0.29) is 23.8 Å². The first-order chi connectivity index (χ1) is 9.65. The number of aromatic nitrogens is 2. The fraction of sp³-hybridized carbons (Fsp3) is 0.0769. The first kappa shape index (κ1) is 12.3.